The summed E-state index contributed by atoms with van der Waals surface area (Å²) in [5.41, 5.74) is 4.58. The first-order valence-corrected chi connectivity index (χ1v) is 9.80. The predicted octanol–water partition coefficient (Wildman–Crippen LogP) is 3.17. The van der Waals surface area contributed by atoms with Crippen LogP contribution in [0.3, 0.4) is 0 Å². The summed E-state index contributed by atoms with van der Waals surface area (Å²) in [5, 5.41) is 4.85. The maximum absolute atomic E-state index is 12.4. The molecule has 3 aromatic rings. The Morgan fingerprint density at radius 3 is 2.77 bits per heavy atom. The Hall–Kier alpha value is -3.33. The minimum absolute atomic E-state index is 0.115. The van der Waals surface area contributed by atoms with E-state index in [2.05, 4.69) is 31.4 Å². The van der Waals surface area contributed by atoms with Crippen molar-refractivity contribution in [2.75, 3.05) is 27.8 Å². The van der Waals surface area contributed by atoms with E-state index in [0.717, 1.165) is 10.9 Å². The number of nitrogens with zero attached hydrogens (tertiary/aromatic N) is 2. The van der Waals surface area contributed by atoms with Crippen LogP contribution in [-0.2, 0) is 4.79 Å². The molecule has 0 aliphatic heterocycles. The molecule has 0 fully saturated rings. The lowest BCUT2D eigenvalue weighted by Gasteiger charge is -2.15. The van der Waals surface area contributed by atoms with Gasteiger partial charge in [-0.3, -0.25) is 9.59 Å². The molecule has 9 heteroatoms. The first-order valence-electron chi connectivity index (χ1n) is 9.00. The molecule has 0 atom stereocenters. The molecule has 2 N–H and O–H groups in total. The van der Waals surface area contributed by atoms with Gasteiger partial charge in [-0.1, -0.05) is 18.2 Å². The SMILES string of the molecule is COc1cc(C=NNC(=O)c2c[nH]c3ccccc23)cc(Br)c1OCC(=O)N(C)C. The van der Waals surface area contributed by atoms with Gasteiger partial charge in [0.25, 0.3) is 11.8 Å². The van der Waals surface area contributed by atoms with E-state index in [0.29, 0.717) is 27.1 Å². The summed E-state index contributed by atoms with van der Waals surface area (Å²) in [6.07, 6.45) is 3.14. The maximum Gasteiger partial charge on any atom is 0.273 e. The third kappa shape index (κ3) is 4.80. The molecule has 0 saturated carbocycles. The monoisotopic (exact) mass is 472 g/mol. The van der Waals surface area contributed by atoms with Crippen LogP contribution in [0.4, 0.5) is 0 Å². The van der Waals surface area contributed by atoms with Crippen LogP contribution >= 0.6 is 15.9 Å². The van der Waals surface area contributed by atoms with E-state index in [1.54, 1.807) is 32.4 Å². The average Bonchev–Trinajstić information content (AvgIpc) is 3.16. The lowest BCUT2D eigenvalue weighted by atomic mass is 10.2. The Morgan fingerprint density at radius 2 is 2.03 bits per heavy atom. The number of rotatable bonds is 7. The molecule has 2 aromatic carbocycles. The van der Waals surface area contributed by atoms with Gasteiger partial charge in [-0.25, -0.2) is 5.43 Å². The number of halogens is 1. The van der Waals surface area contributed by atoms with Crippen molar-refractivity contribution < 1.29 is 19.1 Å². The summed E-state index contributed by atoms with van der Waals surface area (Å²) in [6.45, 7) is -0.115. The molecule has 0 bridgehead atoms. The minimum Gasteiger partial charge on any atom is -0.493 e. The molecule has 1 heterocycles. The molecule has 8 nitrogen and oxygen atoms in total. The van der Waals surface area contributed by atoms with Crippen LogP contribution in [0.25, 0.3) is 10.9 Å². The molecule has 3 rings (SSSR count). The molecule has 0 saturated heterocycles. The van der Waals surface area contributed by atoms with Crippen molar-refractivity contribution in [2.45, 2.75) is 0 Å². The van der Waals surface area contributed by atoms with Crippen molar-refractivity contribution in [3.05, 3.63) is 58.2 Å². The van der Waals surface area contributed by atoms with Crippen LogP contribution < -0.4 is 14.9 Å². The van der Waals surface area contributed by atoms with Crippen molar-refractivity contribution in [1.82, 2.24) is 15.3 Å². The Bertz CT molecular complexity index is 1110. The highest BCUT2D eigenvalue weighted by atomic mass is 79.9. The summed E-state index contributed by atoms with van der Waals surface area (Å²) in [6, 6.07) is 11.0. The number of para-hydroxylation sites is 1. The molecule has 0 spiro atoms. The molecule has 0 unspecified atom stereocenters. The first kappa shape index (κ1) is 21.4. The standard InChI is InChI=1S/C21H21BrN4O4/c1-26(2)19(27)12-30-20-16(22)8-13(9-18(20)29-3)10-24-25-21(28)15-11-23-17-7-5-4-6-14(15)17/h4-11,23H,12H2,1-3H3,(H,25,28). The minimum atomic E-state index is -0.322. The fourth-order valence-corrected chi connectivity index (χ4v) is 3.28. The highest BCUT2D eigenvalue weighted by molar-refractivity contribution is 9.10. The topological polar surface area (TPSA) is 96.0 Å². The van der Waals surface area contributed by atoms with Crippen LogP contribution in [0.2, 0.25) is 0 Å². The van der Waals surface area contributed by atoms with Crippen molar-refractivity contribution in [2.24, 2.45) is 5.10 Å². The van der Waals surface area contributed by atoms with Gasteiger partial charge in [0.05, 0.1) is 23.4 Å². The number of H-pyrrole nitrogens is 1. The average molecular weight is 473 g/mol. The molecule has 2 amide bonds. The quantitative estimate of drug-likeness (QED) is 0.407. The number of hydrogen-bond donors (Lipinski definition) is 2. The third-order valence-corrected chi connectivity index (χ3v) is 4.89. The number of amides is 2. The smallest absolute Gasteiger partial charge is 0.273 e. The Labute approximate surface area is 182 Å². The second-order valence-electron chi connectivity index (χ2n) is 6.56. The molecule has 0 radical (unpaired) electrons. The van der Waals surface area contributed by atoms with Gasteiger partial charge < -0.3 is 19.4 Å². The van der Waals surface area contributed by atoms with Gasteiger partial charge >= 0.3 is 0 Å². The van der Waals surface area contributed by atoms with Gasteiger partial charge in [0.15, 0.2) is 18.1 Å². The van der Waals surface area contributed by atoms with E-state index in [4.69, 9.17) is 9.47 Å². The van der Waals surface area contributed by atoms with E-state index in [1.165, 1.54) is 18.2 Å². The van der Waals surface area contributed by atoms with Crippen molar-refractivity contribution in [3.8, 4) is 11.5 Å². The van der Waals surface area contributed by atoms with Crippen LogP contribution in [0.1, 0.15) is 15.9 Å². The van der Waals surface area contributed by atoms with Crippen molar-refractivity contribution >= 4 is 44.9 Å². The van der Waals surface area contributed by atoms with Crippen molar-refractivity contribution in [3.63, 3.8) is 0 Å². The van der Waals surface area contributed by atoms with Gasteiger partial charge in [0.1, 0.15) is 0 Å². The predicted molar refractivity (Wildman–Crippen MR) is 118 cm³/mol. The number of fused-ring (bicyclic) bond motifs is 1. The van der Waals surface area contributed by atoms with Crippen molar-refractivity contribution in [1.29, 1.82) is 0 Å². The fourth-order valence-electron chi connectivity index (χ4n) is 2.70. The zero-order valence-corrected chi connectivity index (χ0v) is 18.3. The molecule has 0 aliphatic rings. The van der Waals surface area contributed by atoms with Gasteiger partial charge in [-0.2, -0.15) is 5.10 Å². The number of methoxy groups -OCH3 is 1. The summed E-state index contributed by atoms with van der Waals surface area (Å²) in [4.78, 5) is 28.7. The maximum atomic E-state index is 12.4. The Kier molecular flexibility index (Phi) is 6.73. The number of nitrogens with one attached hydrogen (secondary N) is 2. The number of benzene rings is 2. The van der Waals surface area contributed by atoms with E-state index >= 15 is 0 Å². The number of aromatic nitrogens is 1. The van der Waals surface area contributed by atoms with Gasteiger partial charge in [0.2, 0.25) is 0 Å². The third-order valence-electron chi connectivity index (χ3n) is 4.30. The van der Waals surface area contributed by atoms with Crippen LogP contribution in [-0.4, -0.2) is 55.7 Å². The summed E-state index contributed by atoms with van der Waals surface area (Å²) >= 11 is 3.42. The number of hydrogen-bond acceptors (Lipinski definition) is 5. The molecule has 1 aromatic heterocycles. The number of carbonyl (C=O) groups excluding carboxylic acids is 2. The van der Waals surface area contributed by atoms with E-state index < -0.39 is 0 Å². The number of hydrazone groups is 1. The highest BCUT2D eigenvalue weighted by Crippen LogP contribution is 2.36. The second kappa shape index (κ2) is 9.45. The highest BCUT2D eigenvalue weighted by Gasteiger charge is 2.14. The number of carbonyl (C=O) groups is 2. The Balaban J connectivity index is 1.71. The van der Waals surface area contributed by atoms with E-state index in [-0.39, 0.29) is 18.4 Å². The van der Waals surface area contributed by atoms with E-state index in [1.807, 2.05) is 24.3 Å². The van der Waals surface area contributed by atoms with Crippen LogP contribution in [0.15, 0.2) is 52.2 Å². The largest absolute Gasteiger partial charge is 0.493 e. The number of likely N-dealkylation sites (N-methyl/N-ethyl adjacent to an activating group) is 1. The first-order chi connectivity index (χ1) is 14.4. The molecule has 30 heavy (non-hydrogen) atoms. The molecule has 0 aliphatic carbocycles. The second-order valence-corrected chi connectivity index (χ2v) is 7.41. The molecular formula is C21H21BrN4O4. The number of aromatic amines is 1. The van der Waals surface area contributed by atoms with Gasteiger partial charge in [-0.05, 0) is 39.7 Å². The zero-order chi connectivity index (χ0) is 21.7. The molecule has 156 valence electrons. The van der Waals surface area contributed by atoms with Crippen LogP contribution in [0, 0.1) is 0 Å². The Morgan fingerprint density at radius 1 is 1.27 bits per heavy atom. The van der Waals surface area contributed by atoms with Gasteiger partial charge in [0, 0.05) is 31.2 Å². The summed E-state index contributed by atoms with van der Waals surface area (Å²) in [5.74, 6) is 0.347. The lowest BCUT2D eigenvalue weighted by Crippen LogP contribution is -2.27. The summed E-state index contributed by atoms with van der Waals surface area (Å²) in [7, 11) is 4.81. The summed E-state index contributed by atoms with van der Waals surface area (Å²) < 4.78 is 11.5. The molecular weight excluding hydrogens is 452 g/mol. The lowest BCUT2D eigenvalue weighted by molar-refractivity contribution is -0.130. The normalized spacial score (nSPS) is 10.9. The van der Waals surface area contributed by atoms with E-state index in [9.17, 15) is 9.59 Å². The van der Waals surface area contributed by atoms with Crippen LogP contribution in [0.5, 0.6) is 11.5 Å². The fraction of sp³-hybridized carbons (Fsp3) is 0.190. The number of ether oxygens (including phenoxy) is 2. The van der Waals surface area contributed by atoms with Gasteiger partial charge in [-0.15, -0.1) is 0 Å². The zero-order valence-electron chi connectivity index (χ0n) is 16.7.